The second-order valence-electron chi connectivity index (χ2n) is 4.75. The van der Waals surface area contributed by atoms with E-state index in [-0.39, 0.29) is 19.0 Å². The highest BCUT2D eigenvalue weighted by molar-refractivity contribution is 6.30. The molecule has 0 aliphatic heterocycles. The molecule has 0 aliphatic rings. The molecule has 0 spiro atoms. The lowest BCUT2D eigenvalue weighted by Crippen LogP contribution is -2.29. The molecule has 2 heterocycles. The van der Waals surface area contributed by atoms with Crippen LogP contribution < -0.4 is 10.5 Å². The number of benzene rings is 1. The van der Waals surface area contributed by atoms with Gasteiger partial charge in [0.1, 0.15) is 18.5 Å². The summed E-state index contributed by atoms with van der Waals surface area (Å²) in [6, 6.07) is 10.0. The molecule has 0 saturated heterocycles. The highest BCUT2D eigenvalue weighted by Gasteiger charge is 2.15. The van der Waals surface area contributed by atoms with Crippen molar-refractivity contribution in [2.75, 3.05) is 6.61 Å². The minimum Gasteiger partial charge on any atom is -0.491 e. The molecule has 23 heavy (non-hydrogen) atoms. The summed E-state index contributed by atoms with van der Waals surface area (Å²) >= 11 is 5.77. The van der Waals surface area contributed by atoms with Gasteiger partial charge in [0.25, 0.3) is 5.89 Å². The average molecular weight is 337 g/mol. The molecule has 3 aromatic rings. The summed E-state index contributed by atoms with van der Waals surface area (Å²) in [6.07, 6.45) is 0.515. The van der Waals surface area contributed by atoms with E-state index in [0.717, 1.165) is 4.68 Å². The molecular weight excluding hydrogens is 324 g/mol. The van der Waals surface area contributed by atoms with Crippen molar-refractivity contribution in [1.29, 1.82) is 0 Å². The second-order valence-corrected chi connectivity index (χ2v) is 5.19. The zero-order valence-electron chi connectivity index (χ0n) is 11.9. The molecule has 7 nitrogen and oxygen atoms in total. The third-order valence-corrected chi connectivity index (χ3v) is 3.23. The van der Waals surface area contributed by atoms with Crippen molar-refractivity contribution in [3.05, 3.63) is 58.2 Å². The van der Waals surface area contributed by atoms with E-state index in [4.69, 9.17) is 25.2 Å². The van der Waals surface area contributed by atoms with Gasteiger partial charge in [-0.05, 0) is 36.4 Å². The Morgan fingerprint density at radius 1 is 1.30 bits per heavy atom. The molecule has 0 aliphatic carbocycles. The summed E-state index contributed by atoms with van der Waals surface area (Å²) < 4.78 is 16.5. The van der Waals surface area contributed by atoms with Crippen LogP contribution in [0.3, 0.4) is 0 Å². The zero-order chi connectivity index (χ0) is 16.2. The van der Waals surface area contributed by atoms with Crippen LogP contribution in [-0.2, 0) is 6.54 Å². The predicted octanol–water partition coefficient (Wildman–Crippen LogP) is 2.19. The molecule has 120 valence electrons. The molecule has 0 radical (unpaired) electrons. The van der Waals surface area contributed by atoms with Gasteiger partial charge in [0.15, 0.2) is 5.76 Å². The number of ether oxygens (including phenoxy) is 1. The molecule has 8 heteroatoms. The summed E-state index contributed by atoms with van der Waals surface area (Å²) in [5, 5.41) is 14.5. The molecule has 0 bridgehead atoms. The lowest BCUT2D eigenvalue weighted by atomic mass is 10.3. The maximum absolute atomic E-state index is 11.7. The third kappa shape index (κ3) is 3.82. The van der Waals surface area contributed by atoms with Gasteiger partial charge in [-0.2, -0.15) is 4.68 Å². The van der Waals surface area contributed by atoms with E-state index in [1.807, 2.05) is 0 Å². The van der Waals surface area contributed by atoms with Crippen molar-refractivity contribution >= 4 is 11.6 Å². The lowest BCUT2D eigenvalue weighted by molar-refractivity contribution is 0.0875. The van der Waals surface area contributed by atoms with E-state index in [1.54, 1.807) is 36.4 Å². The minimum absolute atomic E-state index is 0.00296. The van der Waals surface area contributed by atoms with Crippen molar-refractivity contribution in [3.63, 3.8) is 0 Å². The smallest absolute Gasteiger partial charge is 0.437 e. The van der Waals surface area contributed by atoms with Crippen LogP contribution in [-0.4, -0.2) is 27.6 Å². The van der Waals surface area contributed by atoms with Gasteiger partial charge in [-0.25, -0.2) is 4.79 Å². The first kappa shape index (κ1) is 15.4. The Morgan fingerprint density at radius 3 is 2.78 bits per heavy atom. The topological polar surface area (TPSA) is 90.6 Å². The standard InChI is InChI=1S/C15H13ClN2O5/c16-10-3-5-12(6-4-10)22-9-11(19)8-18-15(20)23-14(17-18)13-2-1-7-21-13/h1-7,11,19H,8-9H2/t11-/m0/s1. The Kier molecular flexibility index (Phi) is 4.50. The summed E-state index contributed by atoms with van der Waals surface area (Å²) in [7, 11) is 0. The fraction of sp³-hybridized carbons (Fsp3) is 0.200. The van der Waals surface area contributed by atoms with Crippen LogP contribution in [0, 0.1) is 0 Å². The summed E-state index contributed by atoms with van der Waals surface area (Å²) in [5.74, 6) is 0.290. The van der Waals surface area contributed by atoms with Crippen molar-refractivity contribution in [2.45, 2.75) is 12.6 Å². The highest BCUT2D eigenvalue weighted by atomic mass is 35.5. The fourth-order valence-electron chi connectivity index (χ4n) is 1.90. The maximum Gasteiger partial charge on any atom is 0.437 e. The van der Waals surface area contributed by atoms with Crippen LogP contribution >= 0.6 is 11.6 Å². The van der Waals surface area contributed by atoms with Gasteiger partial charge in [-0.1, -0.05) is 11.6 Å². The number of furan rings is 1. The van der Waals surface area contributed by atoms with Crippen LogP contribution in [0.15, 0.2) is 56.3 Å². The van der Waals surface area contributed by atoms with Crippen molar-refractivity contribution in [3.8, 4) is 17.4 Å². The molecule has 0 unspecified atom stereocenters. The van der Waals surface area contributed by atoms with E-state index >= 15 is 0 Å². The van der Waals surface area contributed by atoms with E-state index < -0.39 is 11.9 Å². The predicted molar refractivity (Wildman–Crippen MR) is 81.4 cm³/mol. The number of aliphatic hydroxyl groups is 1. The number of aromatic nitrogens is 2. The van der Waals surface area contributed by atoms with Gasteiger partial charge in [0.05, 0.1) is 12.8 Å². The average Bonchev–Trinajstić information content (AvgIpc) is 3.17. The van der Waals surface area contributed by atoms with Crippen molar-refractivity contribution < 1.29 is 18.7 Å². The maximum atomic E-state index is 11.7. The fourth-order valence-corrected chi connectivity index (χ4v) is 2.02. The SMILES string of the molecule is O=c1oc(-c2ccco2)nn1C[C@H](O)COc1ccc(Cl)cc1. The Hall–Kier alpha value is -2.51. The van der Waals surface area contributed by atoms with Gasteiger partial charge in [0.2, 0.25) is 0 Å². The van der Waals surface area contributed by atoms with Crippen molar-refractivity contribution in [1.82, 2.24) is 9.78 Å². The first-order chi connectivity index (χ1) is 11.1. The number of halogens is 1. The van der Waals surface area contributed by atoms with Gasteiger partial charge < -0.3 is 18.7 Å². The quantitative estimate of drug-likeness (QED) is 0.742. The summed E-state index contributed by atoms with van der Waals surface area (Å²) in [4.78, 5) is 11.7. The molecule has 2 aromatic heterocycles. The van der Waals surface area contributed by atoms with Crippen LogP contribution in [0.25, 0.3) is 11.7 Å². The monoisotopic (exact) mass is 336 g/mol. The Morgan fingerprint density at radius 2 is 2.09 bits per heavy atom. The Balaban J connectivity index is 1.60. The molecule has 1 N–H and O–H groups in total. The molecule has 3 rings (SSSR count). The molecule has 1 atom stereocenters. The van der Waals surface area contributed by atoms with E-state index in [9.17, 15) is 9.90 Å². The first-order valence-electron chi connectivity index (χ1n) is 6.80. The number of nitrogens with zero attached hydrogens (tertiary/aromatic N) is 2. The van der Waals surface area contributed by atoms with Gasteiger partial charge >= 0.3 is 5.76 Å². The number of aliphatic hydroxyl groups excluding tert-OH is 1. The summed E-state index contributed by atoms with van der Waals surface area (Å²) in [6.45, 7) is -0.0619. The number of hydrogen-bond acceptors (Lipinski definition) is 6. The normalized spacial score (nSPS) is 12.3. The minimum atomic E-state index is -0.932. The summed E-state index contributed by atoms with van der Waals surface area (Å²) in [5.41, 5.74) is 0. The van der Waals surface area contributed by atoms with E-state index in [2.05, 4.69) is 5.10 Å². The van der Waals surface area contributed by atoms with Gasteiger partial charge in [-0.15, -0.1) is 5.10 Å². The Bertz CT molecular complexity index is 807. The number of rotatable bonds is 6. The zero-order valence-corrected chi connectivity index (χ0v) is 12.6. The Labute approximate surface area is 135 Å². The first-order valence-corrected chi connectivity index (χ1v) is 7.18. The van der Waals surface area contributed by atoms with Crippen LogP contribution in [0.1, 0.15) is 0 Å². The lowest BCUT2D eigenvalue weighted by Gasteiger charge is -2.11. The molecular formula is C15H13ClN2O5. The number of hydrogen-bond donors (Lipinski definition) is 1. The van der Waals surface area contributed by atoms with Crippen LogP contribution in [0.5, 0.6) is 5.75 Å². The second kappa shape index (κ2) is 6.72. The highest BCUT2D eigenvalue weighted by Crippen LogP contribution is 2.16. The van der Waals surface area contributed by atoms with Gasteiger partial charge in [-0.3, -0.25) is 0 Å². The molecule has 1 aromatic carbocycles. The van der Waals surface area contributed by atoms with Gasteiger partial charge in [0, 0.05) is 5.02 Å². The van der Waals surface area contributed by atoms with E-state index in [0.29, 0.717) is 16.5 Å². The van der Waals surface area contributed by atoms with Crippen LogP contribution in [0.2, 0.25) is 5.02 Å². The largest absolute Gasteiger partial charge is 0.491 e. The molecule has 0 fully saturated rings. The van der Waals surface area contributed by atoms with E-state index in [1.165, 1.54) is 6.26 Å². The molecule has 0 amide bonds. The van der Waals surface area contributed by atoms with Crippen molar-refractivity contribution in [2.24, 2.45) is 0 Å². The third-order valence-electron chi connectivity index (χ3n) is 2.98. The van der Waals surface area contributed by atoms with Crippen LogP contribution in [0.4, 0.5) is 0 Å². The molecule has 0 saturated carbocycles.